The molecule has 3 heterocycles. The van der Waals surface area contributed by atoms with Gasteiger partial charge in [0, 0.05) is 0 Å². The van der Waals surface area contributed by atoms with E-state index in [-0.39, 0.29) is 11.1 Å². The van der Waals surface area contributed by atoms with Crippen LogP contribution in [0.3, 0.4) is 0 Å². The van der Waals surface area contributed by atoms with Crippen LogP contribution in [0.1, 0.15) is 38.8 Å². The number of hydrogen-bond donors (Lipinski definition) is 0. The van der Waals surface area contributed by atoms with Gasteiger partial charge < -0.3 is 18.9 Å². The van der Waals surface area contributed by atoms with Crippen LogP contribution in [-0.2, 0) is 0 Å². The van der Waals surface area contributed by atoms with E-state index in [4.69, 9.17) is 18.9 Å². The van der Waals surface area contributed by atoms with E-state index in [0.29, 0.717) is 68.6 Å². The lowest BCUT2D eigenvalue weighted by Gasteiger charge is -2.48. The monoisotopic (exact) mass is 908 g/mol. The smallest absolute Gasteiger partial charge is 0.189 e. The van der Waals surface area contributed by atoms with Crippen LogP contribution in [0.15, 0.2) is 194 Å². The molecule has 0 fully saturated rings. The lowest BCUT2D eigenvalue weighted by molar-refractivity contribution is -0.0982. The zero-order chi connectivity index (χ0) is 47.7. The summed E-state index contributed by atoms with van der Waals surface area (Å²) in [6.45, 7) is 7.94. The predicted molar refractivity (Wildman–Crippen MR) is 277 cm³/mol. The van der Waals surface area contributed by atoms with E-state index < -0.39 is 11.2 Å². The number of nitrogens with zero attached hydrogens (tertiary/aromatic N) is 4. The molecule has 336 valence electrons. The molecule has 12 rings (SSSR count). The lowest BCUT2D eigenvalue weighted by atomic mass is 9.86. The van der Waals surface area contributed by atoms with E-state index in [1.165, 1.54) is 0 Å². The fourth-order valence-corrected chi connectivity index (χ4v) is 9.61. The van der Waals surface area contributed by atoms with E-state index >= 15 is 0 Å². The van der Waals surface area contributed by atoms with Gasteiger partial charge in [-0.05, 0) is 121 Å². The number of fused-ring (bicyclic) bond motifs is 5. The van der Waals surface area contributed by atoms with E-state index in [2.05, 4.69) is 60.7 Å². The molecule has 0 N–H and O–H groups in total. The molecule has 0 aromatic heterocycles. The maximum Gasteiger partial charge on any atom is 0.189 e. The summed E-state index contributed by atoms with van der Waals surface area (Å²) in [5.41, 5.74) is 9.59. The second kappa shape index (κ2) is 16.2. The Labute approximate surface area is 407 Å². The van der Waals surface area contributed by atoms with E-state index in [1.807, 2.05) is 183 Å². The van der Waals surface area contributed by atoms with Gasteiger partial charge in [-0.1, -0.05) is 146 Å². The molecule has 8 nitrogen and oxygen atoms in total. The minimum atomic E-state index is -0.935. The molecule has 9 aromatic rings. The van der Waals surface area contributed by atoms with Crippen LogP contribution >= 0.6 is 0 Å². The second-order valence-corrected chi connectivity index (χ2v) is 18.6. The van der Waals surface area contributed by atoms with Crippen LogP contribution in [0.5, 0.6) is 34.5 Å². The minimum absolute atomic E-state index is 0.102. The summed E-state index contributed by atoms with van der Waals surface area (Å²) in [6.07, 6.45) is 0. The highest BCUT2D eigenvalue weighted by molar-refractivity contribution is 6.01. The molecular formula is C62H44N4O4. The van der Waals surface area contributed by atoms with E-state index in [0.717, 1.165) is 44.5 Å². The highest BCUT2D eigenvalue weighted by Crippen LogP contribution is 2.64. The number of anilines is 6. The summed E-state index contributed by atoms with van der Waals surface area (Å²) in [5.74, 6) is 2.88. The van der Waals surface area contributed by atoms with Gasteiger partial charge in [0.25, 0.3) is 0 Å². The van der Waals surface area contributed by atoms with Crippen molar-refractivity contribution in [1.29, 1.82) is 10.5 Å². The Morgan fingerprint density at radius 3 is 0.843 bits per heavy atom. The second-order valence-electron chi connectivity index (χ2n) is 18.6. The highest BCUT2D eigenvalue weighted by atomic mass is 16.6. The van der Waals surface area contributed by atoms with Crippen molar-refractivity contribution >= 4 is 34.1 Å². The quantitative estimate of drug-likeness (QED) is 0.163. The van der Waals surface area contributed by atoms with Crippen molar-refractivity contribution in [3.8, 4) is 91.1 Å². The summed E-state index contributed by atoms with van der Waals surface area (Å²) in [4.78, 5) is 3.99. The van der Waals surface area contributed by atoms with Gasteiger partial charge in [-0.2, -0.15) is 10.5 Å². The molecule has 0 radical (unpaired) electrons. The Kier molecular flexibility index (Phi) is 9.77. The van der Waals surface area contributed by atoms with Crippen molar-refractivity contribution in [3.05, 3.63) is 205 Å². The molecule has 0 saturated heterocycles. The Balaban J connectivity index is 1.14. The minimum Gasteiger partial charge on any atom is -0.477 e. The summed E-state index contributed by atoms with van der Waals surface area (Å²) in [7, 11) is 0. The van der Waals surface area contributed by atoms with Crippen molar-refractivity contribution < 1.29 is 18.9 Å². The van der Waals surface area contributed by atoms with Crippen LogP contribution in [0, 0.1) is 22.7 Å². The number of rotatable bonds is 6. The van der Waals surface area contributed by atoms with Crippen molar-refractivity contribution in [2.45, 2.75) is 38.9 Å². The number of hydrogen-bond acceptors (Lipinski definition) is 8. The first-order valence-corrected chi connectivity index (χ1v) is 23.3. The Morgan fingerprint density at radius 2 is 0.600 bits per heavy atom. The molecule has 0 atom stereocenters. The molecule has 70 heavy (non-hydrogen) atoms. The first-order valence-electron chi connectivity index (χ1n) is 23.3. The van der Waals surface area contributed by atoms with Crippen molar-refractivity contribution in [2.24, 2.45) is 0 Å². The third-order valence-electron chi connectivity index (χ3n) is 13.9. The third-order valence-corrected chi connectivity index (χ3v) is 13.9. The van der Waals surface area contributed by atoms with Crippen LogP contribution in [0.2, 0.25) is 0 Å². The van der Waals surface area contributed by atoms with Crippen molar-refractivity contribution in [3.63, 3.8) is 0 Å². The van der Waals surface area contributed by atoms with Crippen molar-refractivity contribution in [2.75, 3.05) is 9.80 Å². The zero-order valence-electron chi connectivity index (χ0n) is 38.9. The maximum absolute atomic E-state index is 11.7. The molecule has 0 bridgehead atoms. The van der Waals surface area contributed by atoms with Gasteiger partial charge in [-0.15, -0.1) is 0 Å². The van der Waals surface area contributed by atoms with Crippen molar-refractivity contribution in [1.82, 2.24) is 0 Å². The molecule has 3 aliphatic rings. The molecule has 9 aromatic carbocycles. The number of nitriles is 2. The van der Waals surface area contributed by atoms with Gasteiger partial charge in [0.15, 0.2) is 34.5 Å². The summed E-state index contributed by atoms with van der Waals surface area (Å²) >= 11 is 0. The molecule has 0 amide bonds. The molecule has 8 heteroatoms. The first kappa shape index (κ1) is 42.1. The first-order chi connectivity index (χ1) is 34.1. The van der Waals surface area contributed by atoms with Gasteiger partial charge in [-0.3, -0.25) is 9.80 Å². The molecule has 0 aliphatic carbocycles. The van der Waals surface area contributed by atoms with Gasteiger partial charge in [0.1, 0.15) is 45.8 Å². The fraction of sp³-hybridized carbons (Fsp3) is 0.0968. The Hall–Kier alpha value is -9.24. The zero-order valence-corrected chi connectivity index (χ0v) is 38.9. The summed E-state index contributed by atoms with van der Waals surface area (Å²) in [6, 6.07) is 69.9. The SMILES string of the molecule is CC1(C)Oc2c(c(N3c4ccc(-c5ccccc5)cc4Oc4cc(-c5ccccc5)ccc43)c(C#N)c(C#N)c2N2c3ccc(-c4ccccc4)cc3Oc3cc(-c4ccccc4)ccc32)OC1(C)C. The summed E-state index contributed by atoms with van der Waals surface area (Å²) < 4.78 is 28.4. The normalized spacial score (nSPS) is 14.3. The van der Waals surface area contributed by atoms with Gasteiger partial charge in [-0.25, -0.2) is 0 Å². The molecule has 0 unspecified atom stereocenters. The lowest BCUT2D eigenvalue weighted by Crippen LogP contribution is -2.56. The van der Waals surface area contributed by atoms with Gasteiger partial charge in [0.05, 0.1) is 22.7 Å². The van der Waals surface area contributed by atoms with Crippen LogP contribution < -0.4 is 28.7 Å². The molecule has 0 saturated carbocycles. The number of benzene rings is 9. The molecular weight excluding hydrogens is 865 g/mol. The van der Waals surface area contributed by atoms with E-state index in [9.17, 15) is 10.5 Å². The Morgan fingerprint density at radius 1 is 0.343 bits per heavy atom. The van der Waals surface area contributed by atoms with Gasteiger partial charge in [0.2, 0.25) is 0 Å². The fourth-order valence-electron chi connectivity index (χ4n) is 9.61. The van der Waals surface area contributed by atoms with Crippen LogP contribution in [-0.4, -0.2) is 11.2 Å². The predicted octanol–water partition coefficient (Wildman–Crippen LogP) is 16.6. The topological polar surface area (TPSA) is 91.0 Å². The average Bonchev–Trinajstić information content (AvgIpc) is 3.39. The Bertz CT molecular complexity index is 3220. The molecule has 3 aliphatic heterocycles. The van der Waals surface area contributed by atoms with E-state index in [1.54, 1.807) is 0 Å². The number of ether oxygens (including phenoxy) is 4. The van der Waals surface area contributed by atoms with Gasteiger partial charge >= 0.3 is 0 Å². The maximum atomic E-state index is 11.7. The largest absolute Gasteiger partial charge is 0.477 e. The molecule has 0 spiro atoms. The van der Waals surface area contributed by atoms with Crippen LogP contribution in [0.25, 0.3) is 44.5 Å². The van der Waals surface area contributed by atoms with Crippen LogP contribution in [0.4, 0.5) is 34.1 Å². The summed E-state index contributed by atoms with van der Waals surface area (Å²) in [5, 5.41) is 23.4. The third kappa shape index (κ3) is 6.80. The highest BCUT2D eigenvalue weighted by Gasteiger charge is 2.51. The average molecular weight is 909 g/mol. The standard InChI is InChI=1S/C62H44N4O4/c1-61(2)62(3,4)70-60-58(66-51-31-27-45(41-21-13-7-14-22-41)35-55(51)68-56-36-46(28-32-52(56)66)42-23-15-8-16-24-42)48(38-64)47(37-63)57(59(60)69-61)65-49-29-25-43(39-17-9-5-10-18-39)33-53(49)67-54-34-44(26-30-50(54)65)40-19-11-6-12-20-40/h5-36H,1-4H3.